The first-order valence-corrected chi connectivity index (χ1v) is 7.74. The lowest BCUT2D eigenvalue weighted by molar-refractivity contribution is 0.673. The highest BCUT2D eigenvalue weighted by Gasteiger charge is 2.11. The lowest BCUT2D eigenvalue weighted by Gasteiger charge is -2.26. The zero-order valence-corrected chi connectivity index (χ0v) is 13.3. The van der Waals surface area contributed by atoms with E-state index in [9.17, 15) is 0 Å². The molecule has 2 aromatic rings. The predicted octanol–water partition coefficient (Wildman–Crippen LogP) is 4.05. The molecule has 1 N–H and O–H groups in total. The summed E-state index contributed by atoms with van der Waals surface area (Å²) < 4.78 is 0. The third kappa shape index (κ3) is 4.05. The summed E-state index contributed by atoms with van der Waals surface area (Å²) in [5.74, 6) is 0. The van der Waals surface area contributed by atoms with E-state index in [1.54, 1.807) is 0 Å². The number of hydrogen-bond donors (Lipinski definition) is 1. The van der Waals surface area contributed by atoms with Crippen LogP contribution in [0.3, 0.4) is 0 Å². The van der Waals surface area contributed by atoms with Crippen LogP contribution >= 0.6 is 0 Å². The minimum absolute atomic E-state index is 0.860. The molecule has 0 radical (unpaired) electrons. The minimum atomic E-state index is 0.860. The smallest absolute Gasteiger partial charge is 0.0487 e. The first kappa shape index (κ1) is 15.5. The van der Waals surface area contributed by atoms with E-state index < -0.39 is 0 Å². The summed E-state index contributed by atoms with van der Waals surface area (Å²) in [5, 5.41) is 3.46. The number of pyridine rings is 1. The van der Waals surface area contributed by atoms with E-state index in [4.69, 9.17) is 0 Å². The molecule has 0 saturated carbocycles. The van der Waals surface area contributed by atoms with Crippen LogP contribution in [0, 0.1) is 6.92 Å². The molecule has 0 aliphatic heterocycles. The average Bonchev–Trinajstić information content (AvgIpc) is 2.51. The summed E-state index contributed by atoms with van der Waals surface area (Å²) in [4.78, 5) is 6.62. The molecule has 0 aliphatic carbocycles. The monoisotopic (exact) mass is 283 g/mol. The Balaban J connectivity index is 2.27. The minimum Gasteiger partial charge on any atom is -0.341 e. The second-order valence-corrected chi connectivity index (χ2v) is 5.26. The zero-order valence-electron chi connectivity index (χ0n) is 13.3. The van der Waals surface area contributed by atoms with Crippen LogP contribution in [-0.4, -0.2) is 18.1 Å². The summed E-state index contributed by atoms with van der Waals surface area (Å²) >= 11 is 0. The van der Waals surface area contributed by atoms with Crippen molar-refractivity contribution in [2.45, 2.75) is 33.7 Å². The van der Waals surface area contributed by atoms with Gasteiger partial charge in [0.2, 0.25) is 0 Å². The van der Waals surface area contributed by atoms with Gasteiger partial charge in [-0.25, -0.2) is 0 Å². The second-order valence-electron chi connectivity index (χ2n) is 5.26. The second kappa shape index (κ2) is 7.79. The van der Waals surface area contributed by atoms with E-state index in [0.717, 1.165) is 26.1 Å². The van der Waals surface area contributed by atoms with Gasteiger partial charge >= 0.3 is 0 Å². The normalized spacial score (nSPS) is 10.6. The van der Waals surface area contributed by atoms with Crippen LogP contribution < -0.4 is 10.2 Å². The maximum atomic E-state index is 4.28. The molecular weight excluding hydrogens is 258 g/mol. The van der Waals surface area contributed by atoms with Crippen molar-refractivity contribution in [3.05, 3.63) is 53.9 Å². The van der Waals surface area contributed by atoms with Gasteiger partial charge in [-0.05, 0) is 45.0 Å². The molecule has 0 aliphatic rings. The van der Waals surface area contributed by atoms with Crippen LogP contribution in [0.4, 0.5) is 11.4 Å². The largest absolute Gasteiger partial charge is 0.341 e. The highest BCUT2D eigenvalue weighted by atomic mass is 15.1. The number of anilines is 2. The Kier molecular flexibility index (Phi) is 5.76. The molecule has 0 fully saturated rings. The van der Waals surface area contributed by atoms with Gasteiger partial charge in [0.1, 0.15) is 0 Å². The zero-order chi connectivity index (χ0) is 15.1. The Hall–Kier alpha value is -1.87. The molecule has 1 heterocycles. The number of aryl methyl sites for hydroxylation is 1. The molecule has 2 rings (SSSR count). The fourth-order valence-electron chi connectivity index (χ4n) is 2.44. The Bertz CT molecular complexity index is 549. The molecule has 0 spiro atoms. The Morgan fingerprint density at radius 3 is 2.52 bits per heavy atom. The Morgan fingerprint density at radius 1 is 1.10 bits per heavy atom. The number of hydrogen-bond acceptors (Lipinski definition) is 3. The van der Waals surface area contributed by atoms with Gasteiger partial charge in [0.15, 0.2) is 0 Å². The molecule has 0 amide bonds. The van der Waals surface area contributed by atoms with Crippen LogP contribution in [0.5, 0.6) is 0 Å². The topological polar surface area (TPSA) is 28.2 Å². The van der Waals surface area contributed by atoms with Crippen molar-refractivity contribution in [1.29, 1.82) is 0 Å². The van der Waals surface area contributed by atoms with Gasteiger partial charge in [-0.2, -0.15) is 0 Å². The Labute approximate surface area is 128 Å². The number of benzene rings is 1. The highest BCUT2D eigenvalue weighted by Crippen LogP contribution is 2.28. The summed E-state index contributed by atoms with van der Waals surface area (Å²) in [6.45, 7) is 9.32. The fourth-order valence-corrected chi connectivity index (χ4v) is 2.44. The van der Waals surface area contributed by atoms with Crippen LogP contribution in [0.25, 0.3) is 0 Å². The predicted molar refractivity (Wildman–Crippen MR) is 90.1 cm³/mol. The maximum absolute atomic E-state index is 4.28. The summed E-state index contributed by atoms with van der Waals surface area (Å²) in [6, 6.07) is 10.8. The number of nitrogens with zero attached hydrogens (tertiary/aromatic N) is 2. The lowest BCUT2D eigenvalue weighted by Crippen LogP contribution is -2.21. The van der Waals surface area contributed by atoms with Crippen molar-refractivity contribution >= 4 is 11.4 Å². The summed E-state index contributed by atoms with van der Waals surface area (Å²) in [7, 11) is 0. The third-order valence-electron chi connectivity index (χ3n) is 3.57. The van der Waals surface area contributed by atoms with Gasteiger partial charge in [0.05, 0.1) is 0 Å². The Morgan fingerprint density at radius 2 is 1.86 bits per heavy atom. The third-order valence-corrected chi connectivity index (χ3v) is 3.57. The van der Waals surface area contributed by atoms with Gasteiger partial charge in [-0.1, -0.05) is 24.6 Å². The molecule has 3 nitrogen and oxygen atoms in total. The molecule has 112 valence electrons. The SMILES string of the molecule is CCCNCc1cnccc1N(CC)c1ccc(C)cc1. The standard InChI is InChI=1S/C18H25N3/c1-4-11-19-13-16-14-20-12-10-18(16)21(5-2)17-8-6-15(3)7-9-17/h6-10,12,14,19H,4-5,11,13H2,1-3H3. The maximum Gasteiger partial charge on any atom is 0.0487 e. The van der Waals surface area contributed by atoms with Crippen molar-refractivity contribution in [2.24, 2.45) is 0 Å². The summed E-state index contributed by atoms with van der Waals surface area (Å²) in [6.07, 6.45) is 4.98. The molecule has 1 aromatic heterocycles. The van der Waals surface area contributed by atoms with Gasteiger partial charge in [-0.15, -0.1) is 0 Å². The number of aromatic nitrogens is 1. The van der Waals surface area contributed by atoms with E-state index in [-0.39, 0.29) is 0 Å². The van der Waals surface area contributed by atoms with E-state index >= 15 is 0 Å². The molecule has 0 unspecified atom stereocenters. The van der Waals surface area contributed by atoms with Crippen LogP contribution in [0.15, 0.2) is 42.7 Å². The van der Waals surface area contributed by atoms with Crippen LogP contribution in [0.2, 0.25) is 0 Å². The highest BCUT2D eigenvalue weighted by molar-refractivity contribution is 5.66. The summed E-state index contributed by atoms with van der Waals surface area (Å²) in [5.41, 5.74) is 4.99. The molecule has 21 heavy (non-hydrogen) atoms. The van der Waals surface area contributed by atoms with E-state index in [1.165, 1.54) is 22.5 Å². The quantitative estimate of drug-likeness (QED) is 0.777. The molecule has 0 saturated heterocycles. The van der Waals surface area contributed by atoms with Crippen molar-refractivity contribution in [3.63, 3.8) is 0 Å². The van der Waals surface area contributed by atoms with Gasteiger partial charge < -0.3 is 10.2 Å². The fraction of sp³-hybridized carbons (Fsp3) is 0.389. The van der Waals surface area contributed by atoms with E-state index in [1.807, 2.05) is 12.4 Å². The molecule has 0 bridgehead atoms. The molecule has 3 heteroatoms. The molecule has 0 atom stereocenters. The van der Waals surface area contributed by atoms with Crippen LogP contribution in [-0.2, 0) is 6.54 Å². The van der Waals surface area contributed by atoms with E-state index in [0.29, 0.717) is 0 Å². The van der Waals surface area contributed by atoms with Crippen LogP contribution in [0.1, 0.15) is 31.4 Å². The first-order chi connectivity index (χ1) is 10.3. The number of nitrogens with one attached hydrogen (secondary N) is 1. The van der Waals surface area contributed by atoms with Crippen molar-refractivity contribution in [3.8, 4) is 0 Å². The van der Waals surface area contributed by atoms with Gasteiger partial charge in [0.25, 0.3) is 0 Å². The van der Waals surface area contributed by atoms with Gasteiger partial charge in [0, 0.05) is 42.4 Å². The van der Waals surface area contributed by atoms with Crippen molar-refractivity contribution in [2.75, 3.05) is 18.0 Å². The van der Waals surface area contributed by atoms with Crippen molar-refractivity contribution < 1.29 is 0 Å². The van der Waals surface area contributed by atoms with E-state index in [2.05, 4.69) is 66.3 Å². The van der Waals surface area contributed by atoms with Gasteiger partial charge in [-0.3, -0.25) is 4.98 Å². The first-order valence-electron chi connectivity index (χ1n) is 7.74. The number of rotatable bonds is 7. The average molecular weight is 283 g/mol. The molecule has 1 aromatic carbocycles. The molecular formula is C18H25N3. The lowest BCUT2D eigenvalue weighted by atomic mass is 10.1. The van der Waals surface area contributed by atoms with Crippen molar-refractivity contribution in [1.82, 2.24) is 10.3 Å².